The molecule has 0 saturated carbocycles. The van der Waals surface area contributed by atoms with Crippen molar-refractivity contribution in [2.45, 2.75) is 39.8 Å². The maximum atomic E-state index is 5.73. The number of hydrogen-bond acceptors (Lipinski definition) is 4. The summed E-state index contributed by atoms with van der Waals surface area (Å²) in [7, 11) is 0. The van der Waals surface area contributed by atoms with Crippen molar-refractivity contribution >= 4 is 22.9 Å². The Bertz CT molecular complexity index is 275. The van der Waals surface area contributed by atoms with Gasteiger partial charge in [0.15, 0.2) is 0 Å². The van der Waals surface area contributed by atoms with Crippen LogP contribution in [-0.2, 0) is 6.54 Å². The van der Waals surface area contributed by atoms with Gasteiger partial charge in [0.2, 0.25) is 4.47 Å². The van der Waals surface area contributed by atoms with Gasteiger partial charge in [-0.2, -0.15) is 0 Å². The van der Waals surface area contributed by atoms with Gasteiger partial charge in [-0.3, -0.25) is 4.90 Å². The Hall–Kier alpha value is -0.190. The minimum Gasteiger partial charge on any atom is -0.294 e. The number of halogens is 1. The molecular weight excluding hydrogens is 218 g/mol. The number of hydrogen-bond donors (Lipinski definition) is 0. The molecule has 0 bridgehead atoms. The number of rotatable bonds is 5. The summed E-state index contributed by atoms with van der Waals surface area (Å²) in [5, 5.41) is 8.81. The van der Waals surface area contributed by atoms with E-state index in [2.05, 4.69) is 35.9 Å². The molecule has 0 N–H and O–H groups in total. The van der Waals surface area contributed by atoms with Crippen molar-refractivity contribution in [3.05, 3.63) is 9.47 Å². The van der Waals surface area contributed by atoms with E-state index in [-0.39, 0.29) is 0 Å². The Morgan fingerprint density at radius 3 is 2.57 bits per heavy atom. The minimum atomic E-state index is 0.528. The fourth-order valence-electron chi connectivity index (χ4n) is 1.28. The third kappa shape index (κ3) is 3.52. The Balaban J connectivity index is 2.55. The quantitative estimate of drug-likeness (QED) is 0.783. The molecule has 0 amide bonds. The smallest absolute Gasteiger partial charge is 0.207 e. The van der Waals surface area contributed by atoms with Gasteiger partial charge in [0.05, 0.1) is 6.54 Å². The Morgan fingerprint density at radius 2 is 2.14 bits per heavy atom. The lowest BCUT2D eigenvalue weighted by atomic mass is 10.3. The normalized spacial score (nSPS) is 11.6. The molecule has 0 saturated heterocycles. The lowest BCUT2D eigenvalue weighted by molar-refractivity contribution is 0.212. The maximum Gasteiger partial charge on any atom is 0.207 e. The monoisotopic (exact) mass is 233 g/mol. The van der Waals surface area contributed by atoms with E-state index in [9.17, 15) is 0 Å². The first-order valence-corrected chi connectivity index (χ1v) is 6.04. The fourth-order valence-corrected chi connectivity index (χ4v) is 2.17. The summed E-state index contributed by atoms with van der Waals surface area (Å²) >= 11 is 7.19. The summed E-state index contributed by atoms with van der Waals surface area (Å²) in [5.74, 6) is 0. The SMILES string of the molecule is CCCN(Cc1nnc(Cl)s1)C(C)C. The molecule has 0 aliphatic carbocycles. The van der Waals surface area contributed by atoms with E-state index in [0.717, 1.165) is 24.5 Å². The molecule has 0 atom stereocenters. The van der Waals surface area contributed by atoms with E-state index in [1.54, 1.807) is 0 Å². The summed E-state index contributed by atoms with van der Waals surface area (Å²) in [6.07, 6.45) is 1.16. The van der Waals surface area contributed by atoms with Gasteiger partial charge in [-0.25, -0.2) is 0 Å². The molecular formula is C9H16ClN3S. The second-order valence-electron chi connectivity index (χ2n) is 3.51. The van der Waals surface area contributed by atoms with E-state index in [1.165, 1.54) is 11.3 Å². The first kappa shape index (κ1) is 11.9. The van der Waals surface area contributed by atoms with E-state index < -0.39 is 0 Å². The summed E-state index contributed by atoms with van der Waals surface area (Å²) in [6, 6.07) is 0.539. The van der Waals surface area contributed by atoms with E-state index in [4.69, 9.17) is 11.6 Å². The van der Waals surface area contributed by atoms with Crippen LogP contribution in [-0.4, -0.2) is 27.7 Å². The van der Waals surface area contributed by atoms with Crippen LogP contribution in [0.15, 0.2) is 0 Å². The zero-order valence-corrected chi connectivity index (χ0v) is 10.4. The van der Waals surface area contributed by atoms with Gasteiger partial charge >= 0.3 is 0 Å². The van der Waals surface area contributed by atoms with Crippen LogP contribution in [0.25, 0.3) is 0 Å². The predicted molar refractivity (Wildman–Crippen MR) is 60.8 cm³/mol. The zero-order chi connectivity index (χ0) is 10.6. The first-order valence-electron chi connectivity index (χ1n) is 4.85. The van der Waals surface area contributed by atoms with Crippen molar-refractivity contribution in [2.75, 3.05) is 6.54 Å². The second-order valence-corrected chi connectivity index (χ2v) is 5.16. The molecule has 1 heterocycles. The highest BCUT2D eigenvalue weighted by Gasteiger charge is 2.11. The van der Waals surface area contributed by atoms with Crippen LogP contribution in [0, 0.1) is 0 Å². The van der Waals surface area contributed by atoms with Gasteiger partial charge in [-0.05, 0) is 38.4 Å². The third-order valence-electron chi connectivity index (χ3n) is 2.02. The lowest BCUT2D eigenvalue weighted by Crippen LogP contribution is -2.30. The summed E-state index contributed by atoms with van der Waals surface area (Å²) in [4.78, 5) is 2.37. The Morgan fingerprint density at radius 1 is 1.43 bits per heavy atom. The van der Waals surface area contributed by atoms with Crippen LogP contribution in [0.4, 0.5) is 0 Å². The maximum absolute atomic E-state index is 5.73. The molecule has 1 rings (SSSR count). The topological polar surface area (TPSA) is 29.0 Å². The highest BCUT2D eigenvalue weighted by Crippen LogP contribution is 2.17. The van der Waals surface area contributed by atoms with Gasteiger partial charge in [-0.15, -0.1) is 10.2 Å². The summed E-state index contributed by atoms with van der Waals surface area (Å²) in [5.41, 5.74) is 0. The summed E-state index contributed by atoms with van der Waals surface area (Å²) < 4.78 is 0.528. The number of aromatic nitrogens is 2. The Kier molecular flexibility index (Phi) is 4.78. The predicted octanol–water partition coefficient (Wildman–Crippen LogP) is 2.81. The molecule has 80 valence electrons. The molecule has 0 fully saturated rings. The molecule has 0 spiro atoms. The lowest BCUT2D eigenvalue weighted by Gasteiger charge is -2.24. The molecule has 0 aliphatic heterocycles. The van der Waals surface area contributed by atoms with E-state index in [0.29, 0.717) is 10.5 Å². The van der Waals surface area contributed by atoms with Crippen LogP contribution < -0.4 is 0 Å². The van der Waals surface area contributed by atoms with Crippen LogP contribution in [0.5, 0.6) is 0 Å². The largest absolute Gasteiger partial charge is 0.294 e. The standard InChI is InChI=1S/C9H16ClN3S/c1-4-5-13(7(2)3)6-8-11-12-9(10)14-8/h7H,4-6H2,1-3H3. The van der Waals surface area contributed by atoms with Crippen LogP contribution >= 0.6 is 22.9 Å². The first-order chi connectivity index (χ1) is 6.63. The molecule has 5 heteroatoms. The molecule has 0 aromatic carbocycles. The molecule has 1 aromatic rings. The molecule has 0 aliphatic rings. The second kappa shape index (κ2) is 5.63. The van der Waals surface area contributed by atoms with Crippen LogP contribution in [0.3, 0.4) is 0 Å². The molecule has 14 heavy (non-hydrogen) atoms. The van der Waals surface area contributed by atoms with Gasteiger partial charge < -0.3 is 0 Å². The summed E-state index contributed by atoms with van der Waals surface area (Å²) in [6.45, 7) is 8.52. The van der Waals surface area contributed by atoms with Crippen molar-refractivity contribution in [3.8, 4) is 0 Å². The molecule has 0 radical (unpaired) electrons. The van der Waals surface area contributed by atoms with Crippen molar-refractivity contribution in [3.63, 3.8) is 0 Å². The molecule has 0 unspecified atom stereocenters. The minimum absolute atomic E-state index is 0.528. The highest BCUT2D eigenvalue weighted by molar-refractivity contribution is 7.15. The average Bonchev–Trinajstić information content (AvgIpc) is 2.50. The van der Waals surface area contributed by atoms with E-state index in [1.807, 2.05) is 0 Å². The van der Waals surface area contributed by atoms with Gasteiger partial charge in [0.1, 0.15) is 5.01 Å². The van der Waals surface area contributed by atoms with Gasteiger partial charge in [-0.1, -0.05) is 18.3 Å². The van der Waals surface area contributed by atoms with Crippen molar-refractivity contribution < 1.29 is 0 Å². The average molecular weight is 234 g/mol. The van der Waals surface area contributed by atoms with Crippen molar-refractivity contribution in [1.82, 2.24) is 15.1 Å². The van der Waals surface area contributed by atoms with E-state index >= 15 is 0 Å². The van der Waals surface area contributed by atoms with Gasteiger partial charge in [0, 0.05) is 6.04 Å². The van der Waals surface area contributed by atoms with Crippen molar-refractivity contribution in [1.29, 1.82) is 0 Å². The van der Waals surface area contributed by atoms with Gasteiger partial charge in [0.25, 0.3) is 0 Å². The fraction of sp³-hybridized carbons (Fsp3) is 0.778. The van der Waals surface area contributed by atoms with Crippen LogP contribution in [0.2, 0.25) is 4.47 Å². The molecule has 1 aromatic heterocycles. The number of nitrogens with zero attached hydrogens (tertiary/aromatic N) is 3. The zero-order valence-electron chi connectivity index (χ0n) is 8.83. The van der Waals surface area contributed by atoms with Crippen molar-refractivity contribution in [2.24, 2.45) is 0 Å². The molecule has 3 nitrogen and oxygen atoms in total. The van der Waals surface area contributed by atoms with Crippen LogP contribution in [0.1, 0.15) is 32.2 Å². The highest BCUT2D eigenvalue weighted by atomic mass is 35.5. The third-order valence-corrected chi connectivity index (χ3v) is 3.03. The Labute approximate surface area is 94.1 Å².